The zero-order chi connectivity index (χ0) is 9.42. The minimum Gasteiger partial charge on any atom is -0.398 e. The Morgan fingerprint density at radius 1 is 1.46 bits per heavy atom. The summed E-state index contributed by atoms with van der Waals surface area (Å²) in [4.78, 5) is 0.523. The van der Waals surface area contributed by atoms with Crippen LogP contribution in [0.15, 0.2) is 18.2 Å². The van der Waals surface area contributed by atoms with Gasteiger partial charge in [0.2, 0.25) is 0 Å². The Bertz CT molecular complexity index is 510. The molecule has 0 bridgehead atoms. The minimum absolute atomic E-state index is 0.509. The molecule has 2 rings (SSSR count). The number of anilines is 1. The molecule has 1 heterocycles. The van der Waals surface area contributed by atoms with Gasteiger partial charge >= 0.3 is 0 Å². The average Bonchev–Trinajstić information content (AvgIpc) is 2.45. The van der Waals surface area contributed by atoms with E-state index in [9.17, 15) is 0 Å². The van der Waals surface area contributed by atoms with E-state index in [0.717, 1.165) is 10.1 Å². The van der Waals surface area contributed by atoms with Gasteiger partial charge in [0.1, 0.15) is 10.9 Å². The first-order valence-corrected chi connectivity index (χ1v) is 4.80. The molecule has 2 nitrogen and oxygen atoms in total. The summed E-state index contributed by atoms with van der Waals surface area (Å²) >= 11 is 7.29. The van der Waals surface area contributed by atoms with E-state index < -0.39 is 0 Å². The molecule has 1 aromatic heterocycles. The van der Waals surface area contributed by atoms with Crippen LogP contribution in [0.1, 0.15) is 4.88 Å². The van der Waals surface area contributed by atoms with Gasteiger partial charge < -0.3 is 5.73 Å². The van der Waals surface area contributed by atoms with Crippen molar-refractivity contribution in [2.24, 2.45) is 0 Å². The normalized spacial score (nSPS) is 10.2. The van der Waals surface area contributed by atoms with Crippen LogP contribution >= 0.6 is 22.9 Å². The second-order valence-electron chi connectivity index (χ2n) is 2.58. The molecule has 0 spiro atoms. The lowest BCUT2D eigenvalue weighted by molar-refractivity contribution is 1.52. The molecular weight excluding hydrogens is 204 g/mol. The van der Waals surface area contributed by atoms with Gasteiger partial charge in [-0.3, -0.25) is 0 Å². The lowest BCUT2D eigenvalue weighted by Crippen LogP contribution is -1.81. The van der Waals surface area contributed by atoms with Crippen LogP contribution in [0.4, 0.5) is 5.69 Å². The van der Waals surface area contributed by atoms with Crippen LogP contribution in [0.25, 0.3) is 10.1 Å². The second kappa shape index (κ2) is 2.91. The van der Waals surface area contributed by atoms with Gasteiger partial charge in [0.15, 0.2) is 0 Å². The lowest BCUT2D eigenvalue weighted by atomic mass is 10.2. The van der Waals surface area contributed by atoms with Gasteiger partial charge in [-0.25, -0.2) is 0 Å². The van der Waals surface area contributed by atoms with Crippen LogP contribution in [0.5, 0.6) is 0 Å². The predicted molar refractivity (Wildman–Crippen MR) is 56.0 cm³/mol. The topological polar surface area (TPSA) is 49.8 Å². The molecule has 0 atom stereocenters. The van der Waals surface area contributed by atoms with Gasteiger partial charge in [-0.05, 0) is 6.07 Å². The van der Waals surface area contributed by atoms with Gasteiger partial charge in [0, 0.05) is 11.1 Å². The van der Waals surface area contributed by atoms with Gasteiger partial charge in [-0.2, -0.15) is 5.26 Å². The molecule has 2 aromatic rings. The summed E-state index contributed by atoms with van der Waals surface area (Å²) in [6.45, 7) is 0. The molecule has 0 saturated heterocycles. The van der Waals surface area contributed by atoms with E-state index in [4.69, 9.17) is 22.6 Å². The van der Waals surface area contributed by atoms with E-state index in [1.54, 1.807) is 6.07 Å². The third-order valence-corrected chi connectivity index (χ3v) is 3.45. The monoisotopic (exact) mass is 208 g/mol. The summed E-state index contributed by atoms with van der Waals surface area (Å²) in [5.41, 5.74) is 6.41. The van der Waals surface area contributed by atoms with Crippen molar-refractivity contribution in [2.75, 3.05) is 5.73 Å². The fourth-order valence-corrected chi connectivity index (χ4v) is 2.47. The van der Waals surface area contributed by atoms with Crippen molar-refractivity contribution in [3.8, 4) is 6.07 Å². The highest BCUT2D eigenvalue weighted by Gasteiger charge is 2.10. The molecule has 64 valence electrons. The zero-order valence-electron chi connectivity index (χ0n) is 6.54. The van der Waals surface area contributed by atoms with E-state index in [1.165, 1.54) is 11.3 Å². The lowest BCUT2D eigenvalue weighted by Gasteiger charge is -1.93. The van der Waals surface area contributed by atoms with E-state index in [1.807, 2.05) is 18.2 Å². The van der Waals surface area contributed by atoms with Crippen LogP contribution in [0, 0.1) is 11.3 Å². The van der Waals surface area contributed by atoms with Crippen molar-refractivity contribution in [2.45, 2.75) is 0 Å². The Balaban J connectivity index is 2.94. The molecule has 0 aliphatic heterocycles. The summed E-state index contributed by atoms with van der Waals surface area (Å²) in [7, 11) is 0. The average molecular weight is 209 g/mol. The van der Waals surface area contributed by atoms with Crippen LogP contribution in [0.2, 0.25) is 5.02 Å². The molecule has 0 aliphatic carbocycles. The maximum absolute atomic E-state index is 8.75. The third kappa shape index (κ3) is 1.15. The molecule has 0 unspecified atom stereocenters. The molecule has 0 saturated carbocycles. The van der Waals surface area contributed by atoms with Crippen molar-refractivity contribution in [3.05, 3.63) is 28.1 Å². The smallest absolute Gasteiger partial charge is 0.124 e. The predicted octanol–water partition coefficient (Wildman–Crippen LogP) is 3.01. The minimum atomic E-state index is 0.509. The van der Waals surface area contributed by atoms with Gasteiger partial charge in [0.25, 0.3) is 0 Å². The van der Waals surface area contributed by atoms with Crippen molar-refractivity contribution in [3.63, 3.8) is 0 Å². The summed E-state index contributed by atoms with van der Waals surface area (Å²) in [6.07, 6.45) is 0. The number of nitrogens with two attached hydrogens (primary N) is 1. The third-order valence-electron chi connectivity index (χ3n) is 1.79. The van der Waals surface area contributed by atoms with Crippen molar-refractivity contribution in [1.29, 1.82) is 5.26 Å². The Morgan fingerprint density at radius 2 is 2.23 bits per heavy atom. The number of nitrogens with zero attached hydrogens (tertiary/aromatic N) is 1. The van der Waals surface area contributed by atoms with E-state index >= 15 is 0 Å². The first-order chi connectivity index (χ1) is 6.24. The summed E-state index contributed by atoms with van der Waals surface area (Å²) in [6, 6.07) is 7.54. The van der Waals surface area contributed by atoms with Crippen LogP contribution < -0.4 is 5.73 Å². The van der Waals surface area contributed by atoms with Crippen LogP contribution in [0.3, 0.4) is 0 Å². The van der Waals surface area contributed by atoms with Crippen molar-refractivity contribution >= 4 is 38.7 Å². The molecule has 13 heavy (non-hydrogen) atoms. The quantitative estimate of drug-likeness (QED) is 0.677. The van der Waals surface area contributed by atoms with Crippen molar-refractivity contribution < 1.29 is 0 Å². The number of halogens is 1. The summed E-state index contributed by atoms with van der Waals surface area (Å²) in [5.74, 6) is 0. The Labute approximate surface area is 84.2 Å². The molecule has 0 aliphatic rings. The SMILES string of the molecule is N#Cc1sc2c(N)cccc2c1Cl. The molecule has 2 N–H and O–H groups in total. The summed E-state index contributed by atoms with van der Waals surface area (Å²) < 4.78 is 0.893. The maximum Gasteiger partial charge on any atom is 0.124 e. The number of hydrogen-bond acceptors (Lipinski definition) is 3. The van der Waals surface area contributed by atoms with Gasteiger partial charge in [0.05, 0.1) is 9.72 Å². The molecule has 0 amide bonds. The highest BCUT2D eigenvalue weighted by atomic mass is 35.5. The van der Waals surface area contributed by atoms with Crippen molar-refractivity contribution in [1.82, 2.24) is 0 Å². The largest absolute Gasteiger partial charge is 0.398 e. The Hall–Kier alpha value is -1.24. The van der Waals surface area contributed by atoms with Crippen LogP contribution in [-0.4, -0.2) is 0 Å². The van der Waals surface area contributed by atoms with E-state index in [-0.39, 0.29) is 0 Å². The molecule has 0 fully saturated rings. The first kappa shape index (κ1) is 8.36. The standard InChI is InChI=1S/C9H5ClN2S/c10-8-5-2-1-3-6(12)9(5)13-7(8)4-11/h1-3H,12H2. The number of nitrogen functional groups attached to an aromatic ring is 1. The fraction of sp³-hybridized carbons (Fsp3) is 0. The number of thiophene rings is 1. The molecule has 4 heteroatoms. The number of fused-ring (bicyclic) bond motifs is 1. The Morgan fingerprint density at radius 3 is 2.85 bits per heavy atom. The highest BCUT2D eigenvalue weighted by molar-refractivity contribution is 7.20. The zero-order valence-corrected chi connectivity index (χ0v) is 8.12. The molecule has 0 radical (unpaired) electrons. The fourth-order valence-electron chi connectivity index (χ4n) is 1.18. The second-order valence-corrected chi connectivity index (χ2v) is 3.98. The number of nitriles is 1. The molecular formula is C9H5ClN2S. The first-order valence-electron chi connectivity index (χ1n) is 3.60. The van der Waals surface area contributed by atoms with Crippen LogP contribution in [-0.2, 0) is 0 Å². The maximum atomic E-state index is 8.75. The van der Waals surface area contributed by atoms with E-state index in [2.05, 4.69) is 0 Å². The van der Waals surface area contributed by atoms with Gasteiger partial charge in [-0.1, -0.05) is 23.7 Å². The van der Waals surface area contributed by atoms with E-state index in [0.29, 0.717) is 15.6 Å². The number of rotatable bonds is 0. The number of hydrogen-bond donors (Lipinski definition) is 1. The summed E-state index contributed by atoms with van der Waals surface area (Å²) in [5, 5.41) is 10.1. The highest BCUT2D eigenvalue weighted by Crippen LogP contribution is 2.37. The van der Waals surface area contributed by atoms with Gasteiger partial charge in [-0.15, -0.1) is 11.3 Å². The molecule has 1 aromatic carbocycles. The Kier molecular flexibility index (Phi) is 1.87. The number of benzene rings is 1.